The third-order valence-electron chi connectivity index (χ3n) is 4.79. The largest absolute Gasteiger partial charge is 0.492 e. The maximum atomic E-state index is 12.5. The van der Waals surface area contributed by atoms with Gasteiger partial charge >= 0.3 is 0 Å². The van der Waals surface area contributed by atoms with Gasteiger partial charge in [-0.2, -0.15) is 0 Å². The number of amides is 1. The summed E-state index contributed by atoms with van der Waals surface area (Å²) in [4.78, 5) is 12.3. The second-order valence-electron chi connectivity index (χ2n) is 6.97. The summed E-state index contributed by atoms with van der Waals surface area (Å²) in [6.07, 6.45) is 7.61. The van der Waals surface area contributed by atoms with Gasteiger partial charge in [0.25, 0.3) is 0 Å². The van der Waals surface area contributed by atoms with E-state index in [0.29, 0.717) is 30.4 Å². The van der Waals surface area contributed by atoms with Gasteiger partial charge in [0.05, 0.1) is 6.61 Å². The lowest BCUT2D eigenvalue weighted by molar-refractivity contribution is -0.116. The minimum atomic E-state index is -3.66. The molecule has 26 heavy (non-hydrogen) atoms. The molecule has 0 spiro atoms. The van der Waals surface area contributed by atoms with Crippen molar-refractivity contribution in [1.29, 1.82) is 0 Å². The number of anilines is 1. The highest BCUT2D eigenvalue weighted by molar-refractivity contribution is 7.89. The summed E-state index contributed by atoms with van der Waals surface area (Å²) >= 11 is 0. The van der Waals surface area contributed by atoms with Crippen LogP contribution in [0.15, 0.2) is 23.1 Å². The summed E-state index contributed by atoms with van der Waals surface area (Å²) < 4.78 is 31.6. The predicted molar refractivity (Wildman–Crippen MR) is 103 cm³/mol. The first kappa shape index (κ1) is 20.7. The highest BCUT2D eigenvalue weighted by Crippen LogP contribution is 2.30. The van der Waals surface area contributed by atoms with E-state index in [9.17, 15) is 13.2 Å². The number of nitrogens with one attached hydrogen (secondary N) is 1. The molecule has 1 aromatic carbocycles. The molecule has 1 aromatic rings. The highest BCUT2D eigenvalue weighted by atomic mass is 32.2. The van der Waals surface area contributed by atoms with Gasteiger partial charge in [0.15, 0.2) is 0 Å². The fourth-order valence-corrected chi connectivity index (χ4v) is 4.34. The van der Waals surface area contributed by atoms with Crippen LogP contribution in [0.1, 0.15) is 51.9 Å². The molecule has 0 saturated heterocycles. The van der Waals surface area contributed by atoms with Gasteiger partial charge in [-0.3, -0.25) is 4.79 Å². The van der Waals surface area contributed by atoms with Crippen LogP contribution in [0.3, 0.4) is 0 Å². The second kappa shape index (κ2) is 9.37. The SMILES string of the molecule is CCOc1ccc(NC(=O)CCC2CCCCC2)cc1S(=O)(=O)N(C)C. The van der Waals surface area contributed by atoms with E-state index in [4.69, 9.17) is 4.74 Å². The van der Waals surface area contributed by atoms with Crippen molar-refractivity contribution in [2.45, 2.75) is 56.8 Å². The molecule has 0 aliphatic heterocycles. The van der Waals surface area contributed by atoms with Gasteiger partial charge in [-0.25, -0.2) is 12.7 Å². The van der Waals surface area contributed by atoms with Gasteiger partial charge in [-0.1, -0.05) is 32.1 Å². The van der Waals surface area contributed by atoms with E-state index in [1.54, 1.807) is 19.1 Å². The molecule has 2 rings (SSSR count). The van der Waals surface area contributed by atoms with Crippen molar-refractivity contribution in [2.75, 3.05) is 26.0 Å². The third-order valence-corrected chi connectivity index (χ3v) is 6.63. The lowest BCUT2D eigenvalue weighted by atomic mass is 9.86. The summed E-state index contributed by atoms with van der Waals surface area (Å²) in [5, 5.41) is 2.82. The number of hydrogen-bond acceptors (Lipinski definition) is 4. The second-order valence-corrected chi connectivity index (χ2v) is 9.09. The van der Waals surface area contributed by atoms with E-state index >= 15 is 0 Å². The molecule has 0 atom stereocenters. The molecule has 1 aliphatic carbocycles. The number of ether oxygens (including phenoxy) is 1. The first-order valence-corrected chi connectivity index (χ1v) is 10.8. The molecule has 146 valence electrons. The van der Waals surface area contributed by atoms with E-state index in [1.807, 2.05) is 0 Å². The number of carbonyl (C=O) groups is 1. The minimum Gasteiger partial charge on any atom is -0.492 e. The lowest BCUT2D eigenvalue weighted by Crippen LogP contribution is -2.23. The Hall–Kier alpha value is -1.60. The molecule has 0 bridgehead atoms. The fraction of sp³-hybridized carbons (Fsp3) is 0.632. The van der Waals surface area contributed by atoms with Gasteiger partial charge in [0.1, 0.15) is 10.6 Å². The molecule has 1 saturated carbocycles. The number of rotatable bonds is 8. The average Bonchev–Trinajstić information content (AvgIpc) is 2.62. The first-order chi connectivity index (χ1) is 12.3. The number of hydrogen-bond donors (Lipinski definition) is 1. The highest BCUT2D eigenvalue weighted by Gasteiger charge is 2.23. The van der Waals surface area contributed by atoms with Crippen molar-refractivity contribution < 1.29 is 17.9 Å². The Labute approximate surface area is 157 Å². The smallest absolute Gasteiger partial charge is 0.246 e. The van der Waals surface area contributed by atoms with Crippen molar-refractivity contribution in [1.82, 2.24) is 4.31 Å². The van der Waals surface area contributed by atoms with Crippen LogP contribution >= 0.6 is 0 Å². The van der Waals surface area contributed by atoms with Crippen LogP contribution in [0.4, 0.5) is 5.69 Å². The Morgan fingerprint density at radius 1 is 1.23 bits per heavy atom. The quantitative estimate of drug-likeness (QED) is 0.745. The number of nitrogens with zero attached hydrogens (tertiary/aromatic N) is 1. The maximum Gasteiger partial charge on any atom is 0.246 e. The zero-order chi connectivity index (χ0) is 19.2. The lowest BCUT2D eigenvalue weighted by Gasteiger charge is -2.21. The molecular weight excluding hydrogens is 352 g/mol. The third kappa shape index (κ3) is 5.45. The van der Waals surface area contributed by atoms with E-state index in [1.165, 1.54) is 52.3 Å². The van der Waals surface area contributed by atoms with Crippen LogP contribution < -0.4 is 10.1 Å². The number of benzene rings is 1. The Kier molecular flexibility index (Phi) is 7.46. The van der Waals surface area contributed by atoms with Crippen molar-refractivity contribution >= 4 is 21.6 Å². The summed E-state index contributed by atoms with van der Waals surface area (Å²) in [5.74, 6) is 0.855. The summed E-state index contributed by atoms with van der Waals surface area (Å²) in [6.45, 7) is 2.16. The summed E-state index contributed by atoms with van der Waals surface area (Å²) in [7, 11) is -0.715. The molecular formula is C19H30N2O4S. The van der Waals surface area contributed by atoms with Crippen LogP contribution in [0.2, 0.25) is 0 Å². The summed E-state index contributed by atoms with van der Waals surface area (Å²) in [5.41, 5.74) is 0.475. The Bertz CT molecular complexity index is 710. The summed E-state index contributed by atoms with van der Waals surface area (Å²) in [6, 6.07) is 4.74. The fourth-order valence-electron chi connectivity index (χ4n) is 3.29. The Morgan fingerprint density at radius 2 is 1.92 bits per heavy atom. The maximum absolute atomic E-state index is 12.5. The molecule has 0 aromatic heterocycles. The van der Waals surface area contributed by atoms with Crippen LogP contribution in [0.25, 0.3) is 0 Å². The molecule has 0 heterocycles. The molecule has 6 nitrogen and oxygen atoms in total. The topological polar surface area (TPSA) is 75.7 Å². The van der Waals surface area contributed by atoms with Crippen molar-refractivity contribution in [2.24, 2.45) is 5.92 Å². The van der Waals surface area contributed by atoms with Crippen molar-refractivity contribution in [3.8, 4) is 5.75 Å². The molecule has 1 fully saturated rings. The van der Waals surface area contributed by atoms with E-state index in [-0.39, 0.29) is 10.8 Å². The normalized spacial score (nSPS) is 15.8. The van der Waals surface area contributed by atoms with E-state index in [2.05, 4.69) is 5.32 Å². The average molecular weight is 383 g/mol. The van der Waals surface area contributed by atoms with Gasteiger partial charge in [-0.05, 0) is 37.5 Å². The molecule has 1 aliphatic rings. The number of carbonyl (C=O) groups excluding carboxylic acids is 1. The van der Waals surface area contributed by atoms with Crippen molar-refractivity contribution in [3.63, 3.8) is 0 Å². The van der Waals surface area contributed by atoms with Crippen LogP contribution in [-0.2, 0) is 14.8 Å². The van der Waals surface area contributed by atoms with E-state index < -0.39 is 10.0 Å². The first-order valence-electron chi connectivity index (χ1n) is 9.33. The van der Waals surface area contributed by atoms with Crippen LogP contribution in [-0.4, -0.2) is 39.3 Å². The molecule has 0 unspecified atom stereocenters. The minimum absolute atomic E-state index is 0.0643. The molecule has 0 radical (unpaired) electrons. The van der Waals surface area contributed by atoms with Gasteiger partial charge in [0, 0.05) is 26.2 Å². The predicted octanol–water partition coefficient (Wildman–Crippen LogP) is 3.63. The monoisotopic (exact) mass is 382 g/mol. The Morgan fingerprint density at radius 3 is 2.54 bits per heavy atom. The molecule has 7 heteroatoms. The zero-order valence-electron chi connectivity index (χ0n) is 16.0. The van der Waals surface area contributed by atoms with Gasteiger partial charge in [0.2, 0.25) is 15.9 Å². The zero-order valence-corrected chi connectivity index (χ0v) is 16.8. The van der Waals surface area contributed by atoms with Crippen LogP contribution in [0.5, 0.6) is 5.75 Å². The molecule has 1 N–H and O–H groups in total. The van der Waals surface area contributed by atoms with Gasteiger partial charge < -0.3 is 10.1 Å². The Balaban J connectivity index is 2.08. The van der Waals surface area contributed by atoms with Gasteiger partial charge in [-0.15, -0.1) is 0 Å². The standard InChI is InChI=1S/C19H30N2O4S/c1-4-25-17-12-11-16(14-18(17)26(23,24)21(2)3)20-19(22)13-10-15-8-6-5-7-9-15/h11-12,14-15H,4-10,13H2,1-3H3,(H,20,22). The molecule has 1 amide bonds. The van der Waals surface area contributed by atoms with E-state index in [0.717, 1.165) is 10.7 Å². The van der Waals surface area contributed by atoms with Crippen LogP contribution in [0, 0.1) is 5.92 Å². The number of sulfonamides is 1. The van der Waals surface area contributed by atoms with Crippen molar-refractivity contribution in [3.05, 3.63) is 18.2 Å².